The number of hydrogen-bond acceptors (Lipinski definition) is 2. The molecule has 2 rings (SSSR count). The lowest BCUT2D eigenvalue weighted by atomic mass is 9.71. The van der Waals surface area contributed by atoms with E-state index in [1.54, 1.807) is 0 Å². The van der Waals surface area contributed by atoms with Crippen LogP contribution < -0.4 is 5.32 Å². The zero-order valence-electron chi connectivity index (χ0n) is 11.5. The molecule has 0 spiro atoms. The Labute approximate surface area is 105 Å². The van der Waals surface area contributed by atoms with Gasteiger partial charge in [-0.1, -0.05) is 13.8 Å². The van der Waals surface area contributed by atoms with Crippen LogP contribution >= 0.6 is 0 Å². The molecule has 2 atom stereocenters. The summed E-state index contributed by atoms with van der Waals surface area (Å²) in [7, 11) is 2.07. The van der Waals surface area contributed by atoms with Crippen LogP contribution in [0.15, 0.2) is 6.20 Å². The minimum atomic E-state index is 0.724. The van der Waals surface area contributed by atoms with Gasteiger partial charge in [-0.25, -0.2) is 0 Å². The van der Waals surface area contributed by atoms with E-state index in [-0.39, 0.29) is 0 Å². The van der Waals surface area contributed by atoms with E-state index in [0.29, 0.717) is 0 Å². The zero-order valence-corrected chi connectivity index (χ0v) is 11.5. The Morgan fingerprint density at radius 1 is 1.47 bits per heavy atom. The summed E-state index contributed by atoms with van der Waals surface area (Å²) in [6.07, 6.45) is 4.68. The summed E-state index contributed by atoms with van der Waals surface area (Å²) in [4.78, 5) is 0. The van der Waals surface area contributed by atoms with Gasteiger partial charge in [0, 0.05) is 18.7 Å². The molecule has 0 radical (unpaired) electrons. The third-order valence-corrected chi connectivity index (χ3v) is 3.91. The highest BCUT2D eigenvalue weighted by Crippen LogP contribution is 2.42. The molecule has 1 aliphatic rings. The van der Waals surface area contributed by atoms with Gasteiger partial charge in [0.05, 0.1) is 6.20 Å². The highest BCUT2D eigenvalue weighted by molar-refractivity contribution is 5.23. The van der Waals surface area contributed by atoms with Crippen molar-refractivity contribution < 1.29 is 0 Å². The smallest absolute Gasteiger partial charge is 0.0521 e. The van der Waals surface area contributed by atoms with Crippen molar-refractivity contribution in [2.75, 3.05) is 13.1 Å². The van der Waals surface area contributed by atoms with E-state index in [0.717, 1.165) is 30.8 Å². The maximum absolute atomic E-state index is 4.36. The maximum Gasteiger partial charge on any atom is 0.0521 e. The molecular weight excluding hydrogens is 210 g/mol. The number of aryl methyl sites for hydroxylation is 2. The second kappa shape index (κ2) is 5.21. The van der Waals surface area contributed by atoms with E-state index in [4.69, 9.17) is 0 Å². The summed E-state index contributed by atoms with van der Waals surface area (Å²) < 4.78 is 2.06. The Morgan fingerprint density at radius 3 is 2.71 bits per heavy atom. The summed E-state index contributed by atoms with van der Waals surface area (Å²) in [5.74, 6) is 2.27. The molecule has 0 bridgehead atoms. The average molecular weight is 235 g/mol. The number of rotatable bonds is 5. The highest BCUT2D eigenvalue weighted by atomic mass is 15.3. The first-order valence-electron chi connectivity index (χ1n) is 6.78. The minimum absolute atomic E-state index is 0.724. The van der Waals surface area contributed by atoms with Gasteiger partial charge in [0.1, 0.15) is 0 Å². The monoisotopic (exact) mass is 235 g/mol. The summed E-state index contributed by atoms with van der Waals surface area (Å²) in [5, 5.41) is 7.95. The first kappa shape index (κ1) is 12.6. The molecule has 1 heterocycles. The molecule has 3 heteroatoms. The Kier molecular flexibility index (Phi) is 3.87. The van der Waals surface area contributed by atoms with Crippen molar-refractivity contribution in [1.82, 2.24) is 15.1 Å². The van der Waals surface area contributed by atoms with E-state index in [1.165, 1.54) is 24.1 Å². The molecule has 17 heavy (non-hydrogen) atoms. The lowest BCUT2D eigenvalue weighted by Crippen LogP contribution is -2.36. The fourth-order valence-corrected chi connectivity index (χ4v) is 2.82. The fourth-order valence-electron chi connectivity index (χ4n) is 2.82. The average Bonchev–Trinajstić information content (AvgIpc) is 2.54. The van der Waals surface area contributed by atoms with Gasteiger partial charge < -0.3 is 5.32 Å². The van der Waals surface area contributed by atoms with Crippen LogP contribution in [0.2, 0.25) is 0 Å². The number of aromatic nitrogens is 2. The highest BCUT2D eigenvalue weighted by Gasteiger charge is 2.34. The number of hydrogen-bond donors (Lipinski definition) is 1. The molecule has 1 aromatic heterocycles. The fraction of sp³-hybridized carbons (Fsp3) is 0.786. The van der Waals surface area contributed by atoms with E-state index in [9.17, 15) is 0 Å². The van der Waals surface area contributed by atoms with Crippen molar-refractivity contribution in [3.05, 3.63) is 17.5 Å². The van der Waals surface area contributed by atoms with Gasteiger partial charge in [-0.05, 0) is 50.3 Å². The van der Waals surface area contributed by atoms with Crippen molar-refractivity contribution in [3.63, 3.8) is 0 Å². The Bertz CT molecular complexity index is 348. The quantitative estimate of drug-likeness (QED) is 0.849. The van der Waals surface area contributed by atoms with Crippen LogP contribution in [0.3, 0.4) is 0 Å². The number of nitrogens with one attached hydrogen (secondary N) is 1. The largest absolute Gasteiger partial charge is 0.316 e. The molecule has 2 unspecified atom stereocenters. The van der Waals surface area contributed by atoms with Crippen molar-refractivity contribution in [2.24, 2.45) is 18.9 Å². The van der Waals surface area contributed by atoms with Gasteiger partial charge in [-0.3, -0.25) is 4.68 Å². The summed E-state index contributed by atoms with van der Waals surface area (Å²) in [5.41, 5.74) is 2.80. The summed E-state index contributed by atoms with van der Waals surface area (Å²) >= 11 is 0. The lowest BCUT2D eigenvalue weighted by Gasteiger charge is -2.37. The van der Waals surface area contributed by atoms with Gasteiger partial charge in [-0.2, -0.15) is 5.10 Å². The SMILES string of the molecule is Cc1cnn(C)c1C1CCC1CNCC(C)C. The predicted octanol–water partition coefficient (Wildman–Crippen LogP) is 2.47. The third-order valence-electron chi connectivity index (χ3n) is 3.91. The van der Waals surface area contributed by atoms with E-state index >= 15 is 0 Å². The third kappa shape index (κ3) is 2.71. The van der Waals surface area contributed by atoms with Crippen LogP contribution in [-0.2, 0) is 7.05 Å². The van der Waals surface area contributed by atoms with Gasteiger partial charge in [0.25, 0.3) is 0 Å². The van der Waals surface area contributed by atoms with Crippen molar-refractivity contribution in [3.8, 4) is 0 Å². The van der Waals surface area contributed by atoms with Gasteiger partial charge in [0.2, 0.25) is 0 Å². The Balaban J connectivity index is 1.90. The Hall–Kier alpha value is -0.830. The van der Waals surface area contributed by atoms with E-state index < -0.39 is 0 Å². The summed E-state index contributed by atoms with van der Waals surface area (Å²) in [6, 6.07) is 0. The normalized spacial score (nSPS) is 24.1. The second-order valence-corrected chi connectivity index (χ2v) is 5.83. The maximum atomic E-state index is 4.36. The van der Waals surface area contributed by atoms with Crippen LogP contribution in [-0.4, -0.2) is 22.9 Å². The molecule has 0 aliphatic heterocycles. The first-order valence-corrected chi connectivity index (χ1v) is 6.78. The molecule has 3 nitrogen and oxygen atoms in total. The molecule has 1 N–H and O–H groups in total. The number of nitrogens with zero attached hydrogens (tertiary/aromatic N) is 2. The van der Waals surface area contributed by atoms with Crippen LogP contribution in [0.25, 0.3) is 0 Å². The van der Waals surface area contributed by atoms with Gasteiger partial charge in [0.15, 0.2) is 0 Å². The molecule has 1 saturated carbocycles. The van der Waals surface area contributed by atoms with Gasteiger partial charge in [-0.15, -0.1) is 0 Å². The lowest BCUT2D eigenvalue weighted by molar-refractivity contribution is 0.233. The van der Waals surface area contributed by atoms with Crippen molar-refractivity contribution in [2.45, 2.75) is 39.5 Å². The molecule has 1 aromatic rings. The van der Waals surface area contributed by atoms with Gasteiger partial charge >= 0.3 is 0 Å². The van der Waals surface area contributed by atoms with Crippen LogP contribution in [0.1, 0.15) is 43.9 Å². The Morgan fingerprint density at radius 2 is 2.24 bits per heavy atom. The molecular formula is C14H25N3. The molecule has 0 saturated heterocycles. The molecule has 96 valence electrons. The molecule has 0 aromatic carbocycles. The van der Waals surface area contributed by atoms with Crippen LogP contribution in [0.5, 0.6) is 0 Å². The first-order chi connectivity index (χ1) is 8.09. The van der Waals surface area contributed by atoms with Crippen LogP contribution in [0, 0.1) is 18.8 Å². The molecule has 1 aliphatic carbocycles. The van der Waals surface area contributed by atoms with E-state index in [2.05, 4.69) is 42.9 Å². The van der Waals surface area contributed by atoms with Crippen molar-refractivity contribution in [1.29, 1.82) is 0 Å². The zero-order chi connectivity index (χ0) is 12.4. The van der Waals surface area contributed by atoms with E-state index in [1.807, 2.05) is 6.20 Å². The molecule has 0 amide bonds. The van der Waals surface area contributed by atoms with Crippen LogP contribution in [0.4, 0.5) is 0 Å². The standard InChI is InChI=1S/C14H25N3/c1-10(2)7-15-9-12-5-6-13(12)14-11(3)8-16-17(14)4/h8,10,12-13,15H,5-7,9H2,1-4H3. The van der Waals surface area contributed by atoms with Crippen molar-refractivity contribution >= 4 is 0 Å². The predicted molar refractivity (Wildman–Crippen MR) is 71.1 cm³/mol. The minimum Gasteiger partial charge on any atom is -0.316 e. The molecule has 1 fully saturated rings. The topological polar surface area (TPSA) is 29.9 Å². The second-order valence-electron chi connectivity index (χ2n) is 5.83. The summed E-state index contributed by atoms with van der Waals surface area (Å²) in [6.45, 7) is 8.99.